The van der Waals surface area contributed by atoms with Crippen molar-refractivity contribution in [2.75, 3.05) is 0 Å². The number of thiocarbonyl (C=S) groups is 1. The molecule has 6 heavy (non-hydrogen) atoms. The Labute approximate surface area is 47.7 Å². The smallest absolute Gasteiger partial charge is 0.0209 e. The molecular weight excluding hydrogens is 112 g/mol. The lowest BCUT2D eigenvalue weighted by molar-refractivity contribution is 1.42. The van der Waals surface area contributed by atoms with E-state index in [0.29, 0.717) is 0 Å². The van der Waals surface area contributed by atoms with Crippen LogP contribution in [-0.4, -0.2) is 4.86 Å². The van der Waals surface area contributed by atoms with Crippen LogP contribution in [-0.2, 0) is 0 Å². The third-order valence-electron chi connectivity index (χ3n) is 0.683. The van der Waals surface area contributed by atoms with Gasteiger partial charge in [0, 0.05) is 11.3 Å². The van der Waals surface area contributed by atoms with Crippen LogP contribution in [0, 0.1) is 0 Å². The Morgan fingerprint density at radius 3 is 2.33 bits per heavy atom. The van der Waals surface area contributed by atoms with Crippen molar-refractivity contribution in [2.24, 2.45) is 0 Å². The van der Waals surface area contributed by atoms with E-state index in [1.165, 1.54) is 0 Å². The lowest BCUT2D eigenvalue weighted by Crippen LogP contribution is -1.99. The van der Waals surface area contributed by atoms with E-state index in [4.69, 9.17) is 12.2 Å². The second-order valence-electron chi connectivity index (χ2n) is 1.28. The third-order valence-corrected chi connectivity index (χ3v) is 1.23. The molecule has 0 N–H and O–H groups in total. The molecule has 2 heteroatoms. The maximum atomic E-state index is 4.74. The fourth-order valence-corrected chi connectivity index (χ4v) is 1.15. The van der Waals surface area contributed by atoms with Crippen LogP contribution in [0.2, 0.25) is 0 Å². The van der Waals surface area contributed by atoms with Gasteiger partial charge in [0.05, 0.1) is 0 Å². The summed E-state index contributed by atoms with van der Waals surface area (Å²) in [5.41, 5.74) is 0. The molecule has 0 aliphatic heterocycles. The van der Waals surface area contributed by atoms with Crippen molar-refractivity contribution in [1.82, 2.24) is 0 Å². The zero-order chi connectivity index (χ0) is 4.57. The summed E-state index contributed by atoms with van der Waals surface area (Å²) in [5, 5.41) is 0. The Kier molecular flexibility index (Phi) is 0.979. The van der Waals surface area contributed by atoms with Gasteiger partial charge in [-0.05, 0) is 11.0 Å². The highest BCUT2D eigenvalue weighted by atomic mass is 32.1. The second kappa shape index (κ2) is 1.35. The summed E-state index contributed by atoms with van der Waals surface area (Å²) in [5.74, 6) is 0. The van der Waals surface area contributed by atoms with E-state index in [2.05, 4.69) is 12.6 Å². The van der Waals surface area contributed by atoms with Gasteiger partial charge in [0.1, 0.15) is 0 Å². The van der Waals surface area contributed by atoms with E-state index >= 15 is 0 Å². The monoisotopic (exact) mass is 116 g/mol. The van der Waals surface area contributed by atoms with Crippen molar-refractivity contribution < 1.29 is 0 Å². The number of rotatable bonds is 0. The van der Waals surface area contributed by atoms with Crippen LogP contribution in [0.4, 0.5) is 0 Å². The molecule has 1 rings (SSSR count). The van der Waals surface area contributed by atoms with Crippen LogP contribution in [0.1, 0.15) is 6.42 Å². The predicted octanol–water partition coefficient (Wildman–Crippen LogP) is 1.57. The molecule has 0 bridgehead atoms. The lowest BCUT2D eigenvalue weighted by Gasteiger charge is -2.06. The number of hydrogen-bond donors (Lipinski definition) is 1. The van der Waals surface area contributed by atoms with Gasteiger partial charge in [0.15, 0.2) is 0 Å². The molecule has 0 radical (unpaired) electrons. The van der Waals surface area contributed by atoms with E-state index in [1.54, 1.807) is 0 Å². The molecule has 0 saturated carbocycles. The Balaban J connectivity index is 2.68. The first-order valence-corrected chi connectivity index (χ1v) is 2.57. The first-order chi connectivity index (χ1) is 2.79. The minimum Gasteiger partial charge on any atom is -0.147 e. The molecule has 0 saturated heterocycles. The Hall–Kier alpha value is 0.180. The minimum atomic E-state index is 0.929. The molecule has 0 amide bonds. The Morgan fingerprint density at radius 2 is 2.33 bits per heavy atom. The largest absolute Gasteiger partial charge is 0.147 e. The standard InChI is InChI=1S/C4H4S2/c5-3-1-4(6)2-3/h1,5H,2H2. The number of thiol groups is 1. The normalized spacial score (nSPS) is 19.5. The molecule has 0 aromatic carbocycles. The topological polar surface area (TPSA) is 0 Å². The molecule has 0 atom stereocenters. The van der Waals surface area contributed by atoms with Gasteiger partial charge >= 0.3 is 0 Å². The van der Waals surface area contributed by atoms with E-state index in [0.717, 1.165) is 16.2 Å². The third kappa shape index (κ3) is 0.632. The van der Waals surface area contributed by atoms with Crippen molar-refractivity contribution >= 4 is 29.7 Å². The average molecular weight is 116 g/mol. The zero-order valence-electron chi connectivity index (χ0n) is 3.14. The maximum Gasteiger partial charge on any atom is 0.0209 e. The minimum absolute atomic E-state index is 0.929. The van der Waals surface area contributed by atoms with Crippen LogP contribution in [0.3, 0.4) is 0 Å². The van der Waals surface area contributed by atoms with Gasteiger partial charge in [-0.1, -0.05) is 12.2 Å². The zero-order valence-corrected chi connectivity index (χ0v) is 4.85. The first kappa shape index (κ1) is 4.34. The summed E-state index contributed by atoms with van der Waals surface area (Å²) in [4.78, 5) is 2.14. The fraction of sp³-hybridized carbons (Fsp3) is 0.250. The fourth-order valence-electron chi connectivity index (χ4n) is 0.335. The molecule has 1 aliphatic rings. The van der Waals surface area contributed by atoms with E-state index < -0.39 is 0 Å². The molecule has 0 aromatic heterocycles. The second-order valence-corrected chi connectivity index (χ2v) is 2.38. The van der Waals surface area contributed by atoms with Crippen LogP contribution < -0.4 is 0 Å². The van der Waals surface area contributed by atoms with Crippen LogP contribution in [0.25, 0.3) is 0 Å². The maximum absolute atomic E-state index is 4.74. The Morgan fingerprint density at radius 1 is 1.83 bits per heavy atom. The molecule has 0 spiro atoms. The molecule has 32 valence electrons. The summed E-state index contributed by atoms with van der Waals surface area (Å²) in [6.07, 6.45) is 2.83. The summed E-state index contributed by atoms with van der Waals surface area (Å²) in [6.45, 7) is 0. The summed E-state index contributed by atoms with van der Waals surface area (Å²) >= 11 is 8.75. The van der Waals surface area contributed by atoms with E-state index in [1.807, 2.05) is 6.08 Å². The molecule has 0 fully saturated rings. The average Bonchev–Trinajstić information content (AvgIpc) is 1.33. The predicted molar refractivity (Wildman–Crippen MR) is 34.3 cm³/mol. The lowest BCUT2D eigenvalue weighted by atomic mass is 10.1. The van der Waals surface area contributed by atoms with Gasteiger partial charge in [-0.25, -0.2) is 0 Å². The number of allylic oxidation sites excluding steroid dienone is 2. The van der Waals surface area contributed by atoms with Crippen LogP contribution in [0.15, 0.2) is 11.0 Å². The van der Waals surface area contributed by atoms with E-state index in [-0.39, 0.29) is 0 Å². The SMILES string of the molecule is S=C1C=C(S)C1. The highest BCUT2D eigenvalue weighted by molar-refractivity contribution is 7.86. The van der Waals surface area contributed by atoms with Gasteiger partial charge in [-0.2, -0.15) is 0 Å². The van der Waals surface area contributed by atoms with Crippen LogP contribution >= 0.6 is 24.8 Å². The van der Waals surface area contributed by atoms with Crippen molar-refractivity contribution in [2.45, 2.75) is 6.42 Å². The quantitative estimate of drug-likeness (QED) is 0.370. The molecule has 0 aromatic rings. The first-order valence-electron chi connectivity index (χ1n) is 1.71. The van der Waals surface area contributed by atoms with E-state index in [9.17, 15) is 0 Å². The molecule has 1 aliphatic carbocycles. The molecule has 0 unspecified atom stereocenters. The summed E-state index contributed by atoms with van der Waals surface area (Å²) in [7, 11) is 0. The highest BCUT2D eigenvalue weighted by Gasteiger charge is 2.04. The molecular formula is C4H4S2. The van der Waals surface area contributed by atoms with Gasteiger partial charge in [0.25, 0.3) is 0 Å². The van der Waals surface area contributed by atoms with Crippen LogP contribution in [0.5, 0.6) is 0 Å². The van der Waals surface area contributed by atoms with Gasteiger partial charge in [0.2, 0.25) is 0 Å². The molecule has 0 heterocycles. The highest BCUT2D eigenvalue weighted by Crippen LogP contribution is 2.18. The van der Waals surface area contributed by atoms with Gasteiger partial charge < -0.3 is 0 Å². The van der Waals surface area contributed by atoms with Gasteiger partial charge in [-0.3, -0.25) is 0 Å². The Bertz CT molecular complexity index is 113. The van der Waals surface area contributed by atoms with Crippen molar-refractivity contribution in [3.8, 4) is 0 Å². The van der Waals surface area contributed by atoms with Crippen molar-refractivity contribution in [1.29, 1.82) is 0 Å². The molecule has 0 nitrogen and oxygen atoms in total. The van der Waals surface area contributed by atoms with Crippen molar-refractivity contribution in [3.63, 3.8) is 0 Å². The van der Waals surface area contributed by atoms with Crippen molar-refractivity contribution in [3.05, 3.63) is 11.0 Å². The summed E-state index contributed by atoms with van der Waals surface area (Å²) < 4.78 is 0. The summed E-state index contributed by atoms with van der Waals surface area (Å²) in [6, 6.07) is 0. The number of hydrogen-bond acceptors (Lipinski definition) is 2. The van der Waals surface area contributed by atoms with Gasteiger partial charge in [-0.15, -0.1) is 12.6 Å².